The monoisotopic (exact) mass is 424 g/mol. The van der Waals surface area contributed by atoms with E-state index in [0.717, 1.165) is 26.4 Å². The molecule has 0 aliphatic heterocycles. The molecule has 5 aromatic rings. The van der Waals surface area contributed by atoms with E-state index in [-0.39, 0.29) is 11.7 Å². The van der Waals surface area contributed by atoms with Gasteiger partial charge in [0.05, 0.1) is 10.2 Å². The van der Waals surface area contributed by atoms with Crippen LogP contribution in [0, 0.1) is 13.8 Å². The number of carbonyl (C=O) groups excluding carboxylic acids is 1. The van der Waals surface area contributed by atoms with Crippen LogP contribution < -0.4 is 5.32 Å². The molecule has 0 unspecified atom stereocenters. The molecule has 5 heteroatoms. The fourth-order valence-corrected chi connectivity index (χ4v) is 4.37. The van der Waals surface area contributed by atoms with Crippen LogP contribution in [0.3, 0.4) is 0 Å². The molecule has 1 amide bonds. The largest absolute Gasteiger partial charge is 0.451 e. The second-order valence-corrected chi connectivity index (χ2v) is 8.51. The van der Waals surface area contributed by atoms with E-state index in [1.165, 1.54) is 11.1 Å². The molecule has 31 heavy (non-hydrogen) atoms. The van der Waals surface area contributed by atoms with Crippen LogP contribution in [0.25, 0.3) is 32.1 Å². The molecule has 1 N–H and O–H groups in total. The minimum Gasteiger partial charge on any atom is -0.451 e. The predicted molar refractivity (Wildman–Crippen MR) is 127 cm³/mol. The van der Waals surface area contributed by atoms with Gasteiger partial charge in [-0.1, -0.05) is 24.3 Å². The molecule has 5 rings (SSSR count). The van der Waals surface area contributed by atoms with E-state index in [0.29, 0.717) is 11.4 Å². The second kappa shape index (κ2) is 7.85. The average Bonchev–Trinajstić information content (AvgIpc) is 3.44. The van der Waals surface area contributed by atoms with E-state index >= 15 is 0 Å². The summed E-state index contributed by atoms with van der Waals surface area (Å²) in [7, 11) is 0. The number of nitrogens with one attached hydrogen (secondary N) is 1. The van der Waals surface area contributed by atoms with Crippen molar-refractivity contribution in [3.05, 3.63) is 95.7 Å². The minimum absolute atomic E-state index is 0.275. The molecule has 152 valence electrons. The van der Waals surface area contributed by atoms with Crippen LogP contribution in [0.15, 0.2) is 83.3 Å². The lowest BCUT2D eigenvalue weighted by molar-refractivity contribution is 0.0997. The molecule has 0 saturated heterocycles. The molecular formula is C26H20N2O2S. The van der Waals surface area contributed by atoms with Crippen LogP contribution in [0.2, 0.25) is 0 Å². The van der Waals surface area contributed by atoms with Gasteiger partial charge in [-0.05, 0) is 79.6 Å². The average molecular weight is 425 g/mol. The first-order chi connectivity index (χ1) is 15.1. The first kappa shape index (κ1) is 19.3. The van der Waals surface area contributed by atoms with Crippen LogP contribution >= 0.6 is 11.3 Å². The Morgan fingerprint density at radius 3 is 2.42 bits per heavy atom. The van der Waals surface area contributed by atoms with Crippen LogP contribution in [-0.2, 0) is 0 Å². The summed E-state index contributed by atoms with van der Waals surface area (Å²) >= 11 is 1.66. The lowest BCUT2D eigenvalue weighted by atomic mass is 10.1. The Bertz CT molecular complexity index is 1360. The highest BCUT2D eigenvalue weighted by molar-refractivity contribution is 7.21. The number of furan rings is 1. The smallest absolute Gasteiger partial charge is 0.291 e. The molecule has 2 aromatic heterocycles. The fraction of sp³-hybridized carbons (Fsp3) is 0.0769. The predicted octanol–water partition coefficient (Wildman–Crippen LogP) is 7.09. The Balaban J connectivity index is 1.31. The zero-order valence-corrected chi connectivity index (χ0v) is 18.0. The summed E-state index contributed by atoms with van der Waals surface area (Å²) in [6, 6.07) is 25.4. The topological polar surface area (TPSA) is 55.1 Å². The number of carbonyl (C=O) groups is 1. The molecule has 0 fully saturated rings. The van der Waals surface area contributed by atoms with Crippen LogP contribution in [0.1, 0.15) is 21.7 Å². The van der Waals surface area contributed by atoms with Crippen molar-refractivity contribution in [1.82, 2.24) is 4.98 Å². The van der Waals surface area contributed by atoms with Gasteiger partial charge in [-0.25, -0.2) is 4.98 Å². The maximum Gasteiger partial charge on any atom is 0.291 e. The van der Waals surface area contributed by atoms with E-state index in [2.05, 4.69) is 42.3 Å². The van der Waals surface area contributed by atoms with Crippen LogP contribution in [-0.4, -0.2) is 10.9 Å². The van der Waals surface area contributed by atoms with Crippen LogP contribution in [0.4, 0.5) is 5.69 Å². The summed E-state index contributed by atoms with van der Waals surface area (Å²) in [5.74, 6) is 0.686. The van der Waals surface area contributed by atoms with Crippen molar-refractivity contribution in [2.45, 2.75) is 13.8 Å². The number of thiazole rings is 1. The molecule has 0 bridgehead atoms. The summed E-state index contributed by atoms with van der Waals surface area (Å²) in [4.78, 5) is 17.3. The SMILES string of the molecule is Cc1ccc(-c2ccc(C(=O)Nc3ccc(-c4nc5ccccc5s4)cc3)o2)cc1C. The molecule has 2 heterocycles. The Kier molecular flexibility index (Phi) is 4.88. The van der Waals surface area contributed by atoms with E-state index in [4.69, 9.17) is 4.42 Å². The Labute approximate surface area is 184 Å². The Morgan fingerprint density at radius 2 is 1.65 bits per heavy atom. The Morgan fingerprint density at radius 1 is 0.871 bits per heavy atom. The number of aryl methyl sites for hydroxylation is 2. The van der Waals surface area contributed by atoms with E-state index < -0.39 is 0 Å². The molecule has 0 aliphatic rings. The first-order valence-corrected chi connectivity index (χ1v) is 10.8. The standard InChI is InChI=1S/C26H20N2O2S/c1-16-7-8-19(15-17(16)2)22-13-14-23(30-22)25(29)27-20-11-9-18(10-12-20)26-28-21-5-3-4-6-24(21)31-26/h3-15H,1-2H3,(H,27,29). The summed E-state index contributed by atoms with van der Waals surface area (Å²) < 4.78 is 6.96. The van der Waals surface area contributed by atoms with Crippen molar-refractivity contribution < 1.29 is 9.21 Å². The number of fused-ring (bicyclic) bond motifs is 1. The Hall–Kier alpha value is -3.70. The molecular weight excluding hydrogens is 404 g/mol. The highest BCUT2D eigenvalue weighted by Crippen LogP contribution is 2.31. The number of anilines is 1. The molecule has 0 radical (unpaired) electrons. The normalized spacial score (nSPS) is 11.0. The van der Waals surface area contributed by atoms with Gasteiger partial charge in [0.15, 0.2) is 5.76 Å². The van der Waals surface area contributed by atoms with Gasteiger partial charge in [0.1, 0.15) is 10.8 Å². The van der Waals surface area contributed by atoms with Gasteiger partial charge in [0.2, 0.25) is 0 Å². The van der Waals surface area contributed by atoms with Gasteiger partial charge < -0.3 is 9.73 Å². The van der Waals surface area contributed by atoms with Gasteiger partial charge in [-0.3, -0.25) is 4.79 Å². The maximum atomic E-state index is 12.6. The van der Waals surface area contributed by atoms with Gasteiger partial charge in [0, 0.05) is 16.8 Å². The third-order valence-electron chi connectivity index (χ3n) is 5.30. The van der Waals surface area contributed by atoms with Crippen molar-refractivity contribution in [3.63, 3.8) is 0 Å². The van der Waals surface area contributed by atoms with Crippen molar-refractivity contribution in [2.75, 3.05) is 5.32 Å². The van der Waals surface area contributed by atoms with Crippen molar-refractivity contribution >= 4 is 33.1 Å². The van der Waals surface area contributed by atoms with Gasteiger partial charge >= 0.3 is 0 Å². The lowest BCUT2D eigenvalue weighted by Gasteiger charge is -2.05. The molecule has 0 atom stereocenters. The van der Waals surface area contributed by atoms with Crippen LogP contribution in [0.5, 0.6) is 0 Å². The number of para-hydroxylation sites is 1. The third-order valence-corrected chi connectivity index (χ3v) is 6.39. The molecule has 0 saturated carbocycles. The molecule has 0 aliphatic carbocycles. The van der Waals surface area contributed by atoms with E-state index in [1.807, 2.05) is 54.6 Å². The van der Waals surface area contributed by atoms with Gasteiger partial charge in [-0.2, -0.15) is 0 Å². The number of hydrogen-bond acceptors (Lipinski definition) is 4. The number of nitrogens with zero attached hydrogens (tertiary/aromatic N) is 1. The zero-order valence-electron chi connectivity index (χ0n) is 17.2. The minimum atomic E-state index is -0.275. The maximum absolute atomic E-state index is 12.6. The summed E-state index contributed by atoms with van der Waals surface area (Å²) in [6.07, 6.45) is 0. The number of aromatic nitrogens is 1. The number of hydrogen-bond donors (Lipinski definition) is 1. The van der Waals surface area contributed by atoms with Gasteiger partial charge in [0.25, 0.3) is 5.91 Å². The number of rotatable bonds is 4. The molecule has 4 nitrogen and oxygen atoms in total. The van der Waals surface area contributed by atoms with E-state index in [9.17, 15) is 4.79 Å². The van der Waals surface area contributed by atoms with Crippen molar-refractivity contribution in [1.29, 1.82) is 0 Å². The van der Waals surface area contributed by atoms with E-state index in [1.54, 1.807) is 17.4 Å². The molecule has 0 spiro atoms. The highest BCUT2D eigenvalue weighted by atomic mass is 32.1. The van der Waals surface area contributed by atoms with Gasteiger partial charge in [-0.15, -0.1) is 11.3 Å². The summed E-state index contributed by atoms with van der Waals surface area (Å²) in [6.45, 7) is 4.13. The van der Waals surface area contributed by atoms with Crippen molar-refractivity contribution in [2.24, 2.45) is 0 Å². The summed E-state index contributed by atoms with van der Waals surface area (Å²) in [5, 5.41) is 3.86. The quantitative estimate of drug-likeness (QED) is 0.335. The third kappa shape index (κ3) is 3.88. The summed E-state index contributed by atoms with van der Waals surface area (Å²) in [5.41, 5.74) is 6.10. The first-order valence-electron chi connectivity index (χ1n) is 10.0. The zero-order chi connectivity index (χ0) is 21.4. The molecule has 3 aromatic carbocycles. The fourth-order valence-electron chi connectivity index (χ4n) is 3.39. The highest BCUT2D eigenvalue weighted by Gasteiger charge is 2.13. The number of benzene rings is 3. The number of amides is 1. The van der Waals surface area contributed by atoms with Crippen molar-refractivity contribution in [3.8, 4) is 21.9 Å². The second-order valence-electron chi connectivity index (χ2n) is 7.48. The lowest BCUT2D eigenvalue weighted by Crippen LogP contribution is -2.10.